The van der Waals surface area contributed by atoms with Gasteiger partial charge in [0.05, 0.1) is 11.6 Å². The third-order valence-electron chi connectivity index (χ3n) is 3.48. The maximum absolute atomic E-state index is 12.4. The van der Waals surface area contributed by atoms with Gasteiger partial charge in [0, 0.05) is 19.6 Å². The number of amides is 2. The fourth-order valence-corrected chi connectivity index (χ4v) is 2.42. The van der Waals surface area contributed by atoms with Crippen LogP contribution in [0.25, 0.3) is 0 Å². The van der Waals surface area contributed by atoms with Gasteiger partial charge in [0.1, 0.15) is 11.2 Å². The number of nitrogens with zero attached hydrogens (tertiary/aromatic N) is 2. The molecule has 1 N–H and O–H groups in total. The highest BCUT2D eigenvalue weighted by Gasteiger charge is 2.42. The summed E-state index contributed by atoms with van der Waals surface area (Å²) in [6.45, 7) is 14.8. The molecule has 1 aliphatic rings. The Morgan fingerprint density at radius 2 is 1.33 bits per heavy atom. The zero-order valence-corrected chi connectivity index (χ0v) is 16.2. The summed E-state index contributed by atoms with van der Waals surface area (Å²) in [5, 5.41) is 10.5. The number of rotatable bonds is 1. The molecule has 1 fully saturated rings. The first-order valence-corrected chi connectivity index (χ1v) is 8.30. The molecule has 7 heteroatoms. The molecule has 0 aromatic rings. The van der Waals surface area contributed by atoms with Crippen molar-refractivity contribution in [2.75, 3.05) is 19.6 Å². The van der Waals surface area contributed by atoms with E-state index < -0.39 is 35.0 Å². The summed E-state index contributed by atoms with van der Waals surface area (Å²) in [5.74, 6) is 0. The first-order chi connectivity index (χ1) is 10.6. The van der Waals surface area contributed by atoms with Crippen LogP contribution in [0.4, 0.5) is 9.59 Å². The number of carbonyl (C=O) groups is 2. The van der Waals surface area contributed by atoms with Crippen LogP contribution in [-0.2, 0) is 9.47 Å². The van der Waals surface area contributed by atoms with Crippen LogP contribution in [-0.4, -0.2) is 69.6 Å². The van der Waals surface area contributed by atoms with Crippen LogP contribution in [0.2, 0.25) is 0 Å². The van der Waals surface area contributed by atoms with Crippen LogP contribution < -0.4 is 0 Å². The van der Waals surface area contributed by atoms with Crippen molar-refractivity contribution in [1.82, 2.24) is 9.80 Å². The topological polar surface area (TPSA) is 79.3 Å². The summed E-state index contributed by atoms with van der Waals surface area (Å²) in [7, 11) is 0. The van der Waals surface area contributed by atoms with Gasteiger partial charge in [-0.3, -0.25) is 4.90 Å². The van der Waals surface area contributed by atoms with Crippen molar-refractivity contribution in [1.29, 1.82) is 0 Å². The molecule has 1 rings (SSSR count). The highest BCUT2D eigenvalue weighted by Crippen LogP contribution is 2.24. The van der Waals surface area contributed by atoms with E-state index in [9.17, 15) is 14.7 Å². The van der Waals surface area contributed by atoms with Crippen LogP contribution in [0.3, 0.4) is 0 Å². The Bertz CT molecular complexity index is 471. The zero-order chi connectivity index (χ0) is 18.9. The summed E-state index contributed by atoms with van der Waals surface area (Å²) in [4.78, 5) is 27.7. The normalized spacial score (nSPS) is 20.0. The molecule has 2 amide bonds. The van der Waals surface area contributed by atoms with E-state index >= 15 is 0 Å². The smallest absolute Gasteiger partial charge is 0.410 e. The molecule has 0 radical (unpaired) electrons. The second-order valence-corrected chi connectivity index (χ2v) is 8.77. The minimum atomic E-state index is -1.18. The van der Waals surface area contributed by atoms with Crippen LogP contribution in [0, 0.1) is 0 Å². The van der Waals surface area contributed by atoms with E-state index in [2.05, 4.69) is 0 Å². The minimum absolute atomic E-state index is 0.192. The van der Waals surface area contributed by atoms with E-state index in [1.165, 1.54) is 9.80 Å². The molecule has 24 heavy (non-hydrogen) atoms. The minimum Gasteiger partial charge on any atom is -0.444 e. The Labute approximate surface area is 144 Å². The Morgan fingerprint density at radius 1 is 0.875 bits per heavy atom. The number of hydrogen-bond acceptors (Lipinski definition) is 5. The van der Waals surface area contributed by atoms with Crippen molar-refractivity contribution in [2.24, 2.45) is 0 Å². The Hall–Kier alpha value is -1.50. The van der Waals surface area contributed by atoms with Gasteiger partial charge in [-0.15, -0.1) is 0 Å². The molecule has 0 spiro atoms. The summed E-state index contributed by atoms with van der Waals surface area (Å²) < 4.78 is 10.8. The predicted octanol–water partition coefficient (Wildman–Crippen LogP) is 2.61. The lowest BCUT2D eigenvalue weighted by Gasteiger charge is -2.46. The Kier molecular flexibility index (Phi) is 5.81. The van der Waals surface area contributed by atoms with Crippen molar-refractivity contribution in [3.8, 4) is 0 Å². The fourth-order valence-electron chi connectivity index (χ4n) is 2.42. The van der Waals surface area contributed by atoms with Gasteiger partial charge in [-0.05, 0) is 55.4 Å². The summed E-state index contributed by atoms with van der Waals surface area (Å²) in [6, 6.07) is -0.575. The highest BCUT2D eigenvalue weighted by molar-refractivity contribution is 5.71. The number of hydrogen-bond donors (Lipinski definition) is 1. The molecule has 0 aromatic heterocycles. The Balaban J connectivity index is 2.90. The molecule has 1 atom stereocenters. The third kappa shape index (κ3) is 6.19. The van der Waals surface area contributed by atoms with E-state index in [0.717, 1.165) is 0 Å². The van der Waals surface area contributed by atoms with E-state index in [0.29, 0.717) is 6.54 Å². The molecular formula is C17H32N2O5. The second kappa shape index (κ2) is 6.78. The highest BCUT2D eigenvalue weighted by atomic mass is 16.6. The summed E-state index contributed by atoms with van der Waals surface area (Å²) >= 11 is 0. The van der Waals surface area contributed by atoms with Crippen molar-refractivity contribution in [2.45, 2.75) is 78.2 Å². The number of piperazine rings is 1. The monoisotopic (exact) mass is 344 g/mol. The van der Waals surface area contributed by atoms with Gasteiger partial charge in [0.2, 0.25) is 0 Å². The van der Waals surface area contributed by atoms with Crippen LogP contribution in [0.5, 0.6) is 0 Å². The van der Waals surface area contributed by atoms with Gasteiger partial charge in [0.25, 0.3) is 0 Å². The van der Waals surface area contributed by atoms with Crippen LogP contribution in [0.1, 0.15) is 55.4 Å². The van der Waals surface area contributed by atoms with Gasteiger partial charge >= 0.3 is 12.2 Å². The number of carbonyl (C=O) groups excluding carboxylic acids is 2. The second-order valence-electron chi connectivity index (χ2n) is 8.77. The van der Waals surface area contributed by atoms with Crippen molar-refractivity contribution in [3.63, 3.8) is 0 Å². The summed E-state index contributed by atoms with van der Waals surface area (Å²) in [6.07, 6.45) is -0.931. The summed E-state index contributed by atoms with van der Waals surface area (Å²) in [5.41, 5.74) is -2.40. The molecule has 0 unspecified atom stereocenters. The Morgan fingerprint density at radius 3 is 1.75 bits per heavy atom. The first-order valence-electron chi connectivity index (χ1n) is 8.30. The van der Waals surface area contributed by atoms with Crippen LogP contribution >= 0.6 is 0 Å². The fraction of sp³-hybridized carbons (Fsp3) is 0.882. The largest absolute Gasteiger partial charge is 0.444 e. The lowest BCUT2D eigenvalue weighted by atomic mass is 9.95. The number of aliphatic hydroxyl groups is 1. The van der Waals surface area contributed by atoms with Gasteiger partial charge in [-0.25, -0.2) is 9.59 Å². The van der Waals surface area contributed by atoms with Gasteiger partial charge in [0.15, 0.2) is 0 Å². The molecular weight excluding hydrogens is 312 g/mol. The molecule has 1 saturated heterocycles. The average Bonchev–Trinajstić information content (AvgIpc) is 2.32. The lowest BCUT2D eigenvalue weighted by molar-refractivity contribution is -0.0676. The maximum Gasteiger partial charge on any atom is 0.410 e. The van der Waals surface area contributed by atoms with Gasteiger partial charge < -0.3 is 19.5 Å². The van der Waals surface area contributed by atoms with Crippen molar-refractivity contribution >= 4 is 12.2 Å². The van der Waals surface area contributed by atoms with Crippen LogP contribution in [0.15, 0.2) is 0 Å². The molecule has 1 heterocycles. The quantitative estimate of drug-likeness (QED) is 0.791. The van der Waals surface area contributed by atoms with E-state index in [1.807, 2.05) is 0 Å². The molecule has 0 saturated carbocycles. The molecule has 0 aromatic carbocycles. The number of ether oxygens (including phenoxy) is 2. The zero-order valence-electron chi connectivity index (χ0n) is 16.2. The standard InChI is InChI=1S/C17H32N2O5/c1-15(2,3)23-13(20)18-9-10-19(12(11-18)17(7,8)22)14(21)24-16(4,5)6/h12,22H,9-11H2,1-8H3/t12-/m1/s1. The third-order valence-corrected chi connectivity index (χ3v) is 3.48. The van der Waals surface area contributed by atoms with Crippen molar-refractivity contribution < 1.29 is 24.2 Å². The molecule has 140 valence electrons. The molecule has 7 nitrogen and oxygen atoms in total. The molecule has 1 aliphatic heterocycles. The first kappa shape index (κ1) is 20.5. The van der Waals surface area contributed by atoms with Gasteiger partial charge in [-0.2, -0.15) is 0 Å². The maximum atomic E-state index is 12.4. The molecule has 0 aliphatic carbocycles. The lowest BCUT2D eigenvalue weighted by Crippen LogP contribution is -2.64. The van der Waals surface area contributed by atoms with E-state index in [1.54, 1.807) is 55.4 Å². The predicted molar refractivity (Wildman–Crippen MR) is 90.8 cm³/mol. The van der Waals surface area contributed by atoms with E-state index in [4.69, 9.17) is 9.47 Å². The van der Waals surface area contributed by atoms with Gasteiger partial charge in [-0.1, -0.05) is 0 Å². The SMILES string of the molecule is CC(C)(C)OC(=O)N1CCN(C(=O)OC(C)(C)C)[C@@H](C(C)(C)O)C1. The average molecular weight is 344 g/mol. The van der Waals surface area contributed by atoms with Crippen molar-refractivity contribution in [3.05, 3.63) is 0 Å². The molecule has 0 bridgehead atoms. The van der Waals surface area contributed by atoms with E-state index in [-0.39, 0.29) is 13.1 Å².